The number of rotatable bonds is 23. The van der Waals surface area contributed by atoms with Crippen molar-refractivity contribution in [3.8, 4) is 0 Å². The summed E-state index contributed by atoms with van der Waals surface area (Å²) in [5, 5.41) is 38.0. The Bertz CT molecular complexity index is 1120. The van der Waals surface area contributed by atoms with Gasteiger partial charge in [0.05, 0.1) is 18.1 Å². The Morgan fingerprint density at radius 1 is 0.741 bits per heavy atom. The molecule has 3 aliphatic rings. The third-order valence-electron chi connectivity index (χ3n) is 9.65. The Morgan fingerprint density at radius 2 is 1.24 bits per heavy atom. The van der Waals surface area contributed by atoms with Crippen LogP contribution in [0, 0.1) is 188 Å². The summed E-state index contributed by atoms with van der Waals surface area (Å²) in [6.45, 7) is 1.79. The number of hydrogen-bond donors (Lipinski definition) is 6. The SMILES string of the molecule is [Ac].[Ac].[Ac].[Ac].[NH-]C1C(O)[C@@H](O)C(CO)O[C@H]1SCCCCCNC(=O)CCCCCNC(=O)CCCCCNC(=O)C1CCC(CN2C(=O)C=CC2=O)CC1. The van der Waals surface area contributed by atoms with Crippen LogP contribution in [-0.2, 0) is 28.7 Å². The molecule has 3 unspecified atom stereocenters. The summed E-state index contributed by atoms with van der Waals surface area (Å²) >= 11 is 1.40. The van der Waals surface area contributed by atoms with E-state index in [1.165, 1.54) is 28.8 Å². The van der Waals surface area contributed by atoms with Crippen LogP contribution in [0.2, 0.25) is 0 Å². The number of nitrogens with one attached hydrogen (secondary N) is 4. The van der Waals surface area contributed by atoms with Gasteiger partial charge in [0.25, 0.3) is 11.8 Å². The van der Waals surface area contributed by atoms with Crippen molar-refractivity contribution >= 4 is 41.3 Å². The molecule has 0 spiro atoms. The van der Waals surface area contributed by atoms with E-state index in [1.54, 1.807) is 0 Å². The van der Waals surface area contributed by atoms with E-state index in [1.807, 2.05) is 0 Å². The maximum Gasteiger partial charge on any atom is 0.253 e. The number of unbranched alkanes of at least 4 members (excludes halogenated alkanes) is 6. The van der Waals surface area contributed by atoms with Gasteiger partial charge in [-0.15, -0.1) is 11.8 Å². The molecule has 14 nitrogen and oxygen atoms in total. The molecule has 1 saturated carbocycles. The molecule has 54 heavy (non-hydrogen) atoms. The predicted octanol–water partition coefficient (Wildman–Crippen LogP) is 1.95. The number of carbonyl (C=O) groups excluding carboxylic acids is 5. The van der Waals surface area contributed by atoms with Gasteiger partial charge in [0.15, 0.2) is 0 Å². The van der Waals surface area contributed by atoms with E-state index in [0.717, 1.165) is 83.5 Å². The van der Waals surface area contributed by atoms with Gasteiger partial charge in [-0.25, -0.2) is 0 Å². The fourth-order valence-electron chi connectivity index (χ4n) is 6.47. The first-order valence-electron chi connectivity index (χ1n) is 18.4. The van der Waals surface area contributed by atoms with Crippen LogP contribution in [-0.4, -0.2) is 118 Å². The number of amides is 5. The van der Waals surface area contributed by atoms with Gasteiger partial charge in [0, 0.05) is 233 Å². The molecule has 2 aliphatic heterocycles. The van der Waals surface area contributed by atoms with Gasteiger partial charge in [-0.3, -0.25) is 28.9 Å². The van der Waals surface area contributed by atoms with Crippen molar-refractivity contribution < 1.29 is 220 Å². The van der Waals surface area contributed by atoms with Gasteiger partial charge in [0.2, 0.25) is 17.7 Å². The van der Waals surface area contributed by atoms with Crippen molar-refractivity contribution in [1.29, 1.82) is 0 Å². The van der Waals surface area contributed by atoms with Crippen LogP contribution in [0.3, 0.4) is 0 Å². The molecule has 1 aliphatic carbocycles. The molecule has 5 amide bonds. The molecule has 2 fully saturated rings. The maximum atomic E-state index is 12.5. The van der Waals surface area contributed by atoms with Crippen molar-refractivity contribution in [3.05, 3.63) is 17.9 Å². The van der Waals surface area contributed by atoms with Gasteiger partial charge in [-0.05, 0) is 75.9 Å². The molecule has 0 bridgehead atoms. The van der Waals surface area contributed by atoms with Crippen LogP contribution in [0.25, 0.3) is 5.73 Å². The summed E-state index contributed by atoms with van der Waals surface area (Å²) in [5.74, 6) is 0.531. The number of aliphatic hydroxyl groups excluding tert-OH is 3. The zero-order valence-corrected chi connectivity index (χ0v) is 51.3. The average Bonchev–Trinajstić information content (AvgIpc) is 3.42. The fraction of sp³-hybridized carbons (Fsp3) is 0.800. The van der Waals surface area contributed by atoms with E-state index in [2.05, 4.69) is 16.0 Å². The minimum absolute atomic E-state index is 0. The second-order valence-corrected chi connectivity index (χ2v) is 14.8. The third kappa shape index (κ3) is 22.9. The smallest absolute Gasteiger partial charge is 0.253 e. The molecule has 19 heteroatoms. The predicted molar refractivity (Wildman–Crippen MR) is 189 cm³/mol. The van der Waals surface area contributed by atoms with E-state index < -0.39 is 36.4 Å². The van der Waals surface area contributed by atoms with E-state index in [4.69, 9.17) is 10.5 Å². The zero-order valence-electron chi connectivity index (χ0n) is 31.5. The second kappa shape index (κ2) is 34.8. The normalized spacial score (nSPS) is 24.7. The van der Waals surface area contributed by atoms with Crippen LogP contribution < -0.4 is 16.0 Å². The van der Waals surface area contributed by atoms with Gasteiger partial charge in [-0.1, -0.05) is 25.3 Å². The Morgan fingerprint density at radius 3 is 1.76 bits per heavy atom. The van der Waals surface area contributed by atoms with Crippen molar-refractivity contribution in [1.82, 2.24) is 20.9 Å². The van der Waals surface area contributed by atoms with E-state index in [0.29, 0.717) is 44.8 Å². The molecule has 0 aromatic heterocycles. The number of carbonyl (C=O) groups is 5. The Labute approximate surface area is 468 Å². The minimum atomic E-state index is -1.26. The molecule has 0 aromatic rings. The summed E-state index contributed by atoms with van der Waals surface area (Å²) in [4.78, 5) is 61.6. The van der Waals surface area contributed by atoms with Crippen molar-refractivity contribution in [2.45, 2.75) is 126 Å². The summed E-state index contributed by atoms with van der Waals surface area (Å²) in [5.41, 5.74) is 7.41. The zero-order chi connectivity index (χ0) is 36.3. The first-order chi connectivity index (χ1) is 24.1. The quantitative estimate of drug-likeness (QED) is 0.0646. The largest absolute Gasteiger partial charge is 0.670 e. The van der Waals surface area contributed by atoms with Crippen LogP contribution in [0.1, 0.15) is 96.3 Å². The summed E-state index contributed by atoms with van der Waals surface area (Å²) in [6, 6.07) is -0.976. The number of imide groups is 1. The Kier molecular flexibility index (Phi) is 38.2. The summed E-state index contributed by atoms with van der Waals surface area (Å²) in [6.07, 6.45) is 10.7. The first kappa shape index (κ1) is 59.3. The van der Waals surface area contributed by atoms with Crippen LogP contribution in [0.4, 0.5) is 0 Å². The number of thioether (sulfide) groups is 1. The molecule has 2 heterocycles. The van der Waals surface area contributed by atoms with Gasteiger partial charge in [0.1, 0.15) is 12.2 Å². The topological polar surface area (TPSA) is 218 Å². The standard InChI is InChI=1S/C35H58N5O9S.4Ac/c36-31-33(47)32(46)26(23-41)49-35(31)50-21-9-3-8-19-38-28(43)10-4-1-6-18-37-27(42)11-5-2-7-20-39-34(48)25-14-12-24(13-15-25)22-40-29(44)16-17-30(40)45;;;;/h16-17,24-26,31-33,35-36,41,46-47H,1-15,18-23H2,(H,37,42)(H,38,43)(H,39,48);;;;/q-1;;;;/t24?,25?,26?,31?,32-,33?,35-;;;;/m0..../s1. The van der Waals surface area contributed by atoms with Gasteiger partial charge in [-0.2, -0.15) is 0 Å². The van der Waals surface area contributed by atoms with Crippen molar-refractivity contribution in [3.63, 3.8) is 0 Å². The third-order valence-corrected chi connectivity index (χ3v) is 10.9. The molecule has 3 rings (SSSR count). The van der Waals surface area contributed by atoms with Crippen molar-refractivity contribution in [2.24, 2.45) is 11.8 Å². The molecule has 7 N–H and O–H groups in total. The van der Waals surface area contributed by atoms with E-state index in [-0.39, 0.29) is 218 Å². The van der Waals surface area contributed by atoms with Gasteiger partial charge < -0.3 is 41.7 Å². The number of nitrogens with zero attached hydrogens (tertiary/aromatic N) is 1. The molecular formula is C35H58Ac4N5O9S-. The average molecular weight is 1630 g/mol. The number of aliphatic hydroxyl groups is 3. The van der Waals surface area contributed by atoms with Crippen molar-refractivity contribution in [2.75, 3.05) is 38.5 Å². The fourth-order valence-corrected chi connectivity index (χ4v) is 7.66. The monoisotopic (exact) mass is 1630 g/mol. The Balaban J connectivity index is 0. The molecule has 0 aromatic carbocycles. The van der Waals surface area contributed by atoms with Gasteiger partial charge >= 0.3 is 0 Å². The van der Waals surface area contributed by atoms with Crippen LogP contribution >= 0.6 is 11.8 Å². The summed E-state index contributed by atoms with van der Waals surface area (Å²) in [7, 11) is 0. The molecule has 296 valence electrons. The summed E-state index contributed by atoms with van der Waals surface area (Å²) < 4.78 is 5.54. The second-order valence-electron chi connectivity index (χ2n) is 13.6. The number of ether oxygens (including phenoxy) is 1. The van der Waals surface area contributed by atoms with E-state index >= 15 is 0 Å². The first-order valence-corrected chi connectivity index (χ1v) is 19.4. The minimum Gasteiger partial charge on any atom is -0.670 e. The molecule has 5 atom stereocenters. The molecule has 4 radical (unpaired) electrons. The molecule has 1 saturated heterocycles. The molecular weight excluding hydrogens is 1570 g/mol. The van der Waals surface area contributed by atoms with Crippen LogP contribution in [0.5, 0.6) is 0 Å². The Hall–Kier alpha value is 3.21. The number of hydrogen-bond acceptors (Lipinski definition) is 10. The van der Waals surface area contributed by atoms with Crippen LogP contribution in [0.15, 0.2) is 12.2 Å². The van der Waals surface area contributed by atoms with E-state index in [9.17, 15) is 39.3 Å². The maximum absolute atomic E-state index is 12.5.